The SMILES string of the molecule is COc1ccc(S(=O)(=O)N2CCOCC2)cc1C(=O)NC1CCNC(C)C1. The topological polar surface area (TPSA) is 97.0 Å². The Kier molecular flexibility index (Phi) is 6.36. The average molecular weight is 397 g/mol. The van der Waals surface area contributed by atoms with Gasteiger partial charge in [0.05, 0.1) is 30.8 Å². The van der Waals surface area contributed by atoms with Gasteiger partial charge in [-0.25, -0.2) is 8.42 Å². The minimum Gasteiger partial charge on any atom is -0.496 e. The standard InChI is InChI=1S/C18H27N3O5S/c1-13-11-14(5-6-19-13)20-18(22)16-12-15(3-4-17(16)25-2)27(23,24)21-7-9-26-10-8-21/h3-4,12-14,19H,5-11H2,1-2H3,(H,20,22). The van der Waals surface area contributed by atoms with E-state index >= 15 is 0 Å². The fourth-order valence-electron chi connectivity index (χ4n) is 3.49. The van der Waals surface area contributed by atoms with Crippen LogP contribution in [0.5, 0.6) is 5.75 Å². The highest BCUT2D eigenvalue weighted by Crippen LogP contribution is 2.25. The van der Waals surface area contributed by atoms with Gasteiger partial charge in [0.15, 0.2) is 0 Å². The maximum atomic E-state index is 12.9. The van der Waals surface area contributed by atoms with Gasteiger partial charge in [-0.15, -0.1) is 0 Å². The van der Waals surface area contributed by atoms with Crippen LogP contribution in [-0.2, 0) is 14.8 Å². The summed E-state index contributed by atoms with van der Waals surface area (Å²) in [5, 5.41) is 6.35. The lowest BCUT2D eigenvalue weighted by molar-refractivity contribution is 0.0730. The molecule has 2 fully saturated rings. The Morgan fingerprint density at radius 1 is 1.33 bits per heavy atom. The number of nitrogens with one attached hydrogen (secondary N) is 2. The summed E-state index contributed by atoms with van der Waals surface area (Å²) >= 11 is 0. The summed E-state index contributed by atoms with van der Waals surface area (Å²) in [4.78, 5) is 12.9. The van der Waals surface area contributed by atoms with E-state index in [0.29, 0.717) is 38.1 Å². The second-order valence-electron chi connectivity index (χ2n) is 6.93. The molecule has 0 saturated carbocycles. The van der Waals surface area contributed by atoms with E-state index in [9.17, 15) is 13.2 Å². The van der Waals surface area contributed by atoms with Gasteiger partial charge < -0.3 is 20.1 Å². The van der Waals surface area contributed by atoms with Gasteiger partial charge in [-0.3, -0.25) is 4.79 Å². The largest absolute Gasteiger partial charge is 0.496 e. The summed E-state index contributed by atoms with van der Waals surface area (Å²) < 4.78 is 37.7. The molecule has 0 aliphatic carbocycles. The third-order valence-corrected chi connectivity index (χ3v) is 6.88. The molecule has 8 nitrogen and oxygen atoms in total. The number of carbonyl (C=O) groups is 1. The molecule has 150 valence electrons. The van der Waals surface area contributed by atoms with Crippen molar-refractivity contribution in [2.45, 2.75) is 36.7 Å². The van der Waals surface area contributed by atoms with Gasteiger partial charge in [0, 0.05) is 25.2 Å². The number of hydrogen-bond donors (Lipinski definition) is 2. The fraction of sp³-hybridized carbons (Fsp3) is 0.611. The van der Waals surface area contributed by atoms with E-state index < -0.39 is 10.0 Å². The van der Waals surface area contributed by atoms with Crippen LogP contribution in [0.25, 0.3) is 0 Å². The molecule has 0 aromatic heterocycles. The highest BCUT2D eigenvalue weighted by Gasteiger charge is 2.29. The predicted molar refractivity (Wildman–Crippen MR) is 101 cm³/mol. The molecule has 1 amide bonds. The summed E-state index contributed by atoms with van der Waals surface area (Å²) in [5.74, 6) is 0.0420. The quantitative estimate of drug-likeness (QED) is 0.755. The van der Waals surface area contributed by atoms with Crippen LogP contribution < -0.4 is 15.4 Å². The van der Waals surface area contributed by atoms with Gasteiger partial charge in [-0.05, 0) is 44.5 Å². The highest BCUT2D eigenvalue weighted by atomic mass is 32.2. The number of rotatable bonds is 5. The van der Waals surface area contributed by atoms with Crippen molar-refractivity contribution in [1.82, 2.24) is 14.9 Å². The lowest BCUT2D eigenvalue weighted by Crippen LogP contribution is -2.46. The summed E-state index contributed by atoms with van der Waals surface area (Å²) in [6.07, 6.45) is 1.67. The van der Waals surface area contributed by atoms with E-state index in [1.807, 2.05) is 0 Å². The molecule has 2 heterocycles. The van der Waals surface area contributed by atoms with Crippen LogP contribution in [0.4, 0.5) is 0 Å². The van der Waals surface area contributed by atoms with Crippen molar-refractivity contribution in [3.05, 3.63) is 23.8 Å². The predicted octanol–water partition coefficient (Wildman–Crippen LogP) is 0.586. The maximum Gasteiger partial charge on any atom is 0.255 e. The second kappa shape index (κ2) is 8.55. The Bertz CT molecular complexity index is 777. The second-order valence-corrected chi connectivity index (χ2v) is 8.87. The molecule has 2 atom stereocenters. The Morgan fingerprint density at radius 3 is 2.74 bits per heavy atom. The monoisotopic (exact) mass is 397 g/mol. The molecule has 1 aromatic rings. The van der Waals surface area contributed by atoms with Gasteiger partial charge in [0.2, 0.25) is 10.0 Å². The number of nitrogens with zero attached hydrogens (tertiary/aromatic N) is 1. The van der Waals surface area contributed by atoms with E-state index in [-0.39, 0.29) is 22.4 Å². The number of carbonyl (C=O) groups excluding carboxylic acids is 1. The first-order valence-electron chi connectivity index (χ1n) is 9.22. The molecule has 0 radical (unpaired) electrons. The Balaban J connectivity index is 1.83. The van der Waals surface area contributed by atoms with E-state index in [0.717, 1.165) is 19.4 Å². The molecule has 0 spiro atoms. The Hall–Kier alpha value is -1.68. The van der Waals surface area contributed by atoms with E-state index in [1.165, 1.54) is 29.6 Å². The Labute approximate surface area is 160 Å². The third kappa shape index (κ3) is 4.60. The number of ether oxygens (including phenoxy) is 2. The maximum absolute atomic E-state index is 12.9. The first-order valence-corrected chi connectivity index (χ1v) is 10.7. The van der Waals surface area contributed by atoms with Crippen molar-refractivity contribution < 1.29 is 22.7 Å². The van der Waals surface area contributed by atoms with Crippen LogP contribution in [0, 0.1) is 0 Å². The van der Waals surface area contributed by atoms with Crippen molar-refractivity contribution in [2.24, 2.45) is 0 Å². The molecule has 9 heteroatoms. The third-order valence-electron chi connectivity index (χ3n) is 4.98. The van der Waals surface area contributed by atoms with Crippen molar-refractivity contribution in [3.8, 4) is 5.75 Å². The first-order chi connectivity index (χ1) is 12.9. The van der Waals surface area contributed by atoms with Crippen LogP contribution in [0.1, 0.15) is 30.1 Å². The van der Waals surface area contributed by atoms with Gasteiger partial charge in [0.1, 0.15) is 5.75 Å². The first kappa shape index (κ1) is 20.1. The van der Waals surface area contributed by atoms with Crippen molar-refractivity contribution in [2.75, 3.05) is 40.0 Å². The number of hydrogen-bond acceptors (Lipinski definition) is 6. The number of amides is 1. The van der Waals surface area contributed by atoms with Crippen LogP contribution in [-0.4, -0.2) is 70.7 Å². The van der Waals surface area contributed by atoms with Crippen LogP contribution >= 0.6 is 0 Å². The summed E-state index contributed by atoms with van der Waals surface area (Å²) in [5.41, 5.74) is 0.234. The number of piperidine rings is 1. The zero-order chi connectivity index (χ0) is 19.4. The van der Waals surface area contributed by atoms with Gasteiger partial charge in [-0.2, -0.15) is 4.31 Å². The normalized spacial score (nSPS) is 24.4. The summed E-state index contributed by atoms with van der Waals surface area (Å²) in [7, 11) is -2.21. The molecule has 0 bridgehead atoms. The van der Waals surface area contributed by atoms with Crippen molar-refractivity contribution in [3.63, 3.8) is 0 Å². The summed E-state index contributed by atoms with van der Waals surface area (Å²) in [6, 6.07) is 4.81. The minimum absolute atomic E-state index is 0.0537. The molecular weight excluding hydrogens is 370 g/mol. The molecule has 2 saturated heterocycles. The average Bonchev–Trinajstić information content (AvgIpc) is 2.68. The number of methoxy groups -OCH3 is 1. The molecule has 27 heavy (non-hydrogen) atoms. The fourth-order valence-corrected chi connectivity index (χ4v) is 4.92. The number of benzene rings is 1. The number of morpholine rings is 1. The van der Waals surface area contributed by atoms with E-state index in [2.05, 4.69) is 17.6 Å². The molecule has 1 aromatic carbocycles. The zero-order valence-electron chi connectivity index (χ0n) is 15.7. The Morgan fingerprint density at radius 2 is 2.07 bits per heavy atom. The lowest BCUT2D eigenvalue weighted by atomic mass is 10.00. The molecule has 2 aliphatic heterocycles. The van der Waals surface area contributed by atoms with Gasteiger partial charge in [-0.1, -0.05) is 0 Å². The minimum atomic E-state index is -3.68. The van der Waals surface area contributed by atoms with Crippen LogP contribution in [0.2, 0.25) is 0 Å². The smallest absolute Gasteiger partial charge is 0.255 e. The zero-order valence-corrected chi connectivity index (χ0v) is 16.5. The highest BCUT2D eigenvalue weighted by molar-refractivity contribution is 7.89. The summed E-state index contributed by atoms with van der Waals surface area (Å²) in [6.45, 7) is 4.28. The van der Waals surface area contributed by atoms with E-state index in [1.54, 1.807) is 0 Å². The van der Waals surface area contributed by atoms with Gasteiger partial charge >= 0.3 is 0 Å². The molecule has 2 aliphatic rings. The van der Waals surface area contributed by atoms with Gasteiger partial charge in [0.25, 0.3) is 5.91 Å². The molecule has 3 rings (SSSR count). The van der Waals surface area contributed by atoms with Crippen LogP contribution in [0.3, 0.4) is 0 Å². The number of sulfonamides is 1. The molecule has 2 unspecified atom stereocenters. The van der Waals surface area contributed by atoms with E-state index in [4.69, 9.17) is 9.47 Å². The van der Waals surface area contributed by atoms with Crippen molar-refractivity contribution in [1.29, 1.82) is 0 Å². The molecular formula is C18H27N3O5S. The van der Waals surface area contributed by atoms with Crippen molar-refractivity contribution >= 4 is 15.9 Å². The molecule has 2 N–H and O–H groups in total. The lowest BCUT2D eigenvalue weighted by Gasteiger charge is -2.29. The van der Waals surface area contributed by atoms with Crippen LogP contribution in [0.15, 0.2) is 23.1 Å².